The van der Waals surface area contributed by atoms with Crippen molar-refractivity contribution >= 4 is 23.4 Å². The van der Waals surface area contributed by atoms with Crippen molar-refractivity contribution in [2.75, 3.05) is 13.1 Å². The third-order valence-electron chi connectivity index (χ3n) is 5.46. The Hall–Kier alpha value is -3.05. The molecule has 0 saturated carbocycles. The summed E-state index contributed by atoms with van der Waals surface area (Å²) in [4.78, 5) is 30.1. The SMILES string of the molecule is CCCCN(CC(=O)N(Cc1ccccc1)Cc1cccn1C)C(=O)c1ccc(Cl)cc1. The van der Waals surface area contributed by atoms with Crippen LogP contribution in [0.15, 0.2) is 72.9 Å². The van der Waals surface area contributed by atoms with Crippen molar-refractivity contribution in [1.29, 1.82) is 0 Å². The summed E-state index contributed by atoms with van der Waals surface area (Å²) < 4.78 is 2.01. The first kappa shape index (κ1) is 23.6. The average Bonchev–Trinajstić information content (AvgIpc) is 3.21. The number of unbranched alkanes of at least 4 members (excludes halogenated alkanes) is 1. The zero-order chi connectivity index (χ0) is 22.9. The van der Waals surface area contributed by atoms with Gasteiger partial charge in [0.2, 0.25) is 5.91 Å². The third-order valence-corrected chi connectivity index (χ3v) is 5.71. The van der Waals surface area contributed by atoms with E-state index in [0.29, 0.717) is 30.2 Å². The molecule has 168 valence electrons. The molecule has 3 aromatic rings. The fraction of sp³-hybridized carbons (Fsp3) is 0.308. The second-order valence-electron chi connectivity index (χ2n) is 7.93. The first-order valence-electron chi connectivity index (χ1n) is 10.9. The van der Waals surface area contributed by atoms with E-state index in [1.54, 1.807) is 29.2 Å². The molecule has 0 bridgehead atoms. The molecule has 0 atom stereocenters. The van der Waals surface area contributed by atoms with Crippen LogP contribution in [0.1, 0.15) is 41.4 Å². The lowest BCUT2D eigenvalue weighted by Gasteiger charge is -2.28. The van der Waals surface area contributed by atoms with E-state index in [4.69, 9.17) is 11.6 Å². The fourth-order valence-electron chi connectivity index (χ4n) is 3.53. The molecule has 0 N–H and O–H groups in total. The van der Waals surface area contributed by atoms with Crippen LogP contribution in [0, 0.1) is 0 Å². The Bertz CT molecular complexity index is 1020. The molecular formula is C26H30ClN3O2. The predicted octanol–water partition coefficient (Wildman–Crippen LogP) is 5.15. The highest BCUT2D eigenvalue weighted by Gasteiger charge is 2.23. The number of halogens is 1. The monoisotopic (exact) mass is 451 g/mol. The lowest BCUT2D eigenvalue weighted by Crippen LogP contribution is -2.43. The van der Waals surface area contributed by atoms with E-state index in [0.717, 1.165) is 24.1 Å². The molecule has 0 radical (unpaired) electrons. The molecule has 32 heavy (non-hydrogen) atoms. The summed E-state index contributed by atoms with van der Waals surface area (Å²) in [5.41, 5.74) is 2.63. The van der Waals surface area contributed by atoms with Crippen molar-refractivity contribution in [3.8, 4) is 0 Å². The molecule has 5 nitrogen and oxygen atoms in total. The Morgan fingerprint density at radius 3 is 2.25 bits per heavy atom. The van der Waals surface area contributed by atoms with Gasteiger partial charge in [0, 0.05) is 42.6 Å². The van der Waals surface area contributed by atoms with Crippen molar-refractivity contribution in [3.63, 3.8) is 0 Å². The van der Waals surface area contributed by atoms with Crippen LogP contribution >= 0.6 is 11.6 Å². The van der Waals surface area contributed by atoms with Crippen molar-refractivity contribution in [1.82, 2.24) is 14.4 Å². The molecular weight excluding hydrogens is 422 g/mol. The van der Waals surface area contributed by atoms with Crippen molar-refractivity contribution in [2.45, 2.75) is 32.9 Å². The Balaban J connectivity index is 1.80. The molecule has 6 heteroatoms. The van der Waals surface area contributed by atoms with Crippen LogP contribution in [-0.4, -0.2) is 39.3 Å². The van der Waals surface area contributed by atoms with Gasteiger partial charge < -0.3 is 14.4 Å². The quantitative estimate of drug-likeness (QED) is 0.428. The predicted molar refractivity (Wildman–Crippen MR) is 128 cm³/mol. The number of hydrogen-bond donors (Lipinski definition) is 0. The number of hydrogen-bond acceptors (Lipinski definition) is 2. The number of benzene rings is 2. The molecule has 0 fully saturated rings. The molecule has 0 aliphatic rings. The summed E-state index contributed by atoms with van der Waals surface area (Å²) in [7, 11) is 1.97. The van der Waals surface area contributed by atoms with Gasteiger partial charge in [0.1, 0.15) is 6.54 Å². The van der Waals surface area contributed by atoms with Gasteiger partial charge in [-0.25, -0.2) is 0 Å². The standard InChI is InChI=1S/C26H30ClN3O2/c1-3-4-17-29(26(32)22-12-14-23(27)15-13-22)20-25(31)30(18-21-9-6-5-7-10-21)19-24-11-8-16-28(24)2/h5-16H,3-4,17-20H2,1-2H3. The Labute approximate surface area is 195 Å². The lowest BCUT2D eigenvalue weighted by molar-refractivity contribution is -0.133. The Kier molecular flexibility index (Phi) is 8.51. The summed E-state index contributed by atoms with van der Waals surface area (Å²) in [5, 5.41) is 0.578. The first-order valence-corrected chi connectivity index (χ1v) is 11.3. The second kappa shape index (κ2) is 11.5. The zero-order valence-corrected chi connectivity index (χ0v) is 19.5. The van der Waals surface area contributed by atoms with Gasteiger partial charge in [-0.1, -0.05) is 55.3 Å². The van der Waals surface area contributed by atoms with Gasteiger partial charge >= 0.3 is 0 Å². The van der Waals surface area contributed by atoms with Crippen molar-refractivity contribution in [2.24, 2.45) is 7.05 Å². The molecule has 0 aliphatic heterocycles. The van der Waals surface area contributed by atoms with Crippen LogP contribution in [0.4, 0.5) is 0 Å². The van der Waals surface area contributed by atoms with E-state index in [1.165, 1.54) is 0 Å². The normalized spacial score (nSPS) is 10.7. The molecule has 2 amide bonds. The summed E-state index contributed by atoms with van der Waals surface area (Å²) >= 11 is 5.98. The number of carbonyl (C=O) groups excluding carboxylic acids is 2. The number of nitrogens with zero attached hydrogens (tertiary/aromatic N) is 3. The van der Waals surface area contributed by atoms with Gasteiger partial charge in [-0.15, -0.1) is 0 Å². The van der Waals surface area contributed by atoms with Crippen LogP contribution in [0.3, 0.4) is 0 Å². The van der Waals surface area contributed by atoms with Gasteiger partial charge in [-0.3, -0.25) is 9.59 Å². The summed E-state index contributed by atoms with van der Waals surface area (Å²) in [6.07, 6.45) is 3.75. The smallest absolute Gasteiger partial charge is 0.254 e. The largest absolute Gasteiger partial charge is 0.353 e. The maximum Gasteiger partial charge on any atom is 0.254 e. The van der Waals surface area contributed by atoms with Crippen LogP contribution in [0.5, 0.6) is 0 Å². The third kappa shape index (κ3) is 6.47. The van der Waals surface area contributed by atoms with Gasteiger partial charge in [0.05, 0.1) is 6.54 Å². The maximum absolute atomic E-state index is 13.5. The summed E-state index contributed by atoms with van der Waals surface area (Å²) in [6.45, 7) is 3.62. The van der Waals surface area contributed by atoms with Gasteiger partial charge in [0.15, 0.2) is 0 Å². The second-order valence-corrected chi connectivity index (χ2v) is 8.37. The van der Waals surface area contributed by atoms with E-state index >= 15 is 0 Å². The van der Waals surface area contributed by atoms with Crippen molar-refractivity contribution in [3.05, 3.63) is 94.8 Å². The van der Waals surface area contributed by atoms with Crippen LogP contribution < -0.4 is 0 Å². The average molecular weight is 452 g/mol. The van der Waals surface area contributed by atoms with Gasteiger partial charge in [-0.2, -0.15) is 0 Å². The molecule has 0 unspecified atom stereocenters. The van der Waals surface area contributed by atoms with Crippen LogP contribution in [0.2, 0.25) is 5.02 Å². The number of carbonyl (C=O) groups is 2. The topological polar surface area (TPSA) is 45.6 Å². The zero-order valence-electron chi connectivity index (χ0n) is 18.7. The van der Waals surface area contributed by atoms with Gasteiger partial charge in [0.25, 0.3) is 5.91 Å². The molecule has 0 spiro atoms. The van der Waals surface area contributed by atoms with E-state index in [-0.39, 0.29) is 18.4 Å². The van der Waals surface area contributed by atoms with E-state index in [9.17, 15) is 9.59 Å². The highest BCUT2D eigenvalue weighted by atomic mass is 35.5. The Morgan fingerprint density at radius 2 is 1.62 bits per heavy atom. The maximum atomic E-state index is 13.5. The number of rotatable bonds is 10. The Morgan fingerprint density at radius 1 is 0.906 bits per heavy atom. The minimum atomic E-state index is -0.151. The molecule has 3 rings (SSSR count). The van der Waals surface area contributed by atoms with E-state index < -0.39 is 0 Å². The first-order chi connectivity index (χ1) is 15.5. The van der Waals surface area contributed by atoms with E-state index in [1.807, 2.05) is 65.2 Å². The lowest BCUT2D eigenvalue weighted by atomic mass is 10.1. The minimum absolute atomic E-state index is 0.0404. The van der Waals surface area contributed by atoms with Crippen LogP contribution in [0.25, 0.3) is 0 Å². The highest BCUT2D eigenvalue weighted by Crippen LogP contribution is 2.15. The highest BCUT2D eigenvalue weighted by molar-refractivity contribution is 6.30. The minimum Gasteiger partial charge on any atom is -0.353 e. The number of aromatic nitrogens is 1. The van der Waals surface area contributed by atoms with E-state index in [2.05, 4.69) is 6.92 Å². The molecule has 2 aromatic carbocycles. The molecule has 1 aromatic heterocycles. The molecule has 0 saturated heterocycles. The molecule has 0 aliphatic carbocycles. The molecule has 1 heterocycles. The summed E-state index contributed by atoms with van der Waals surface area (Å²) in [6, 6.07) is 20.7. The summed E-state index contributed by atoms with van der Waals surface area (Å²) in [5.74, 6) is -0.226. The van der Waals surface area contributed by atoms with Crippen molar-refractivity contribution < 1.29 is 9.59 Å². The van der Waals surface area contributed by atoms with Gasteiger partial charge in [-0.05, 0) is 48.4 Å². The number of amides is 2. The fourth-order valence-corrected chi connectivity index (χ4v) is 3.66. The number of aryl methyl sites for hydroxylation is 1. The van der Waals surface area contributed by atoms with Crippen LogP contribution in [-0.2, 0) is 24.9 Å².